The van der Waals surface area contributed by atoms with E-state index in [2.05, 4.69) is 285 Å². The van der Waals surface area contributed by atoms with Crippen molar-refractivity contribution in [3.05, 3.63) is 227 Å². The summed E-state index contributed by atoms with van der Waals surface area (Å²) in [6, 6.07) is 27.4. The van der Waals surface area contributed by atoms with E-state index < -0.39 is 0 Å². The molecule has 10 rings (SSSR count). The Morgan fingerprint density at radius 3 is 0.681 bits per heavy atom. The van der Waals surface area contributed by atoms with Gasteiger partial charge in [0.05, 0.1) is 23.9 Å². The van der Waals surface area contributed by atoms with Crippen LogP contribution in [0.4, 0.5) is 0 Å². The number of imidazole rings is 1. The summed E-state index contributed by atoms with van der Waals surface area (Å²) < 4.78 is 1.92. The fourth-order valence-electron chi connectivity index (χ4n) is 3.52. The second-order valence-electron chi connectivity index (χ2n) is 25.6. The molecule has 9 heterocycles. The normalized spacial score (nSPS) is 7.87. The van der Waals surface area contributed by atoms with Gasteiger partial charge in [0, 0.05) is 111 Å². The van der Waals surface area contributed by atoms with Gasteiger partial charge in [-0.3, -0.25) is 24.7 Å². The molecule has 0 aliphatic rings. The summed E-state index contributed by atoms with van der Waals surface area (Å²) in [6.45, 7) is 98.4. The number of nitrogens with one attached hydrogen (secondary N) is 3. The Balaban J connectivity index is -0.0000000572. The fraction of sp³-hybridized carbons (Fsp3) is 0.606. The molecule has 0 unspecified atom stereocenters. The third-order valence-electron chi connectivity index (χ3n) is 6.25. The minimum atomic E-state index is 0.476. The van der Waals surface area contributed by atoms with E-state index in [4.69, 9.17) is 0 Å². The lowest BCUT2D eigenvalue weighted by Gasteiger charge is -2.01. The standard InChI is InChI=1S/C6H11N3.C6H10N2.C6H6.C5H5N.3C4H4N2.8C4H10.C3H3N3.2C3H4N2.9C2H6/c1-4(2)6-5(3)7-9-8-6;1-6(2)8-5-3-4-7-8;2*1-2-4-6-5-3-1;1-2-6-4-3-5-1;1-2-5-4-6-3-1;1-2-4-6-5-3-1;8*1-4(2)3;1-2-5-6-3-4-1;1-2-5-3-4-1;1-2-4-5-3-1;9*1-2/h4H,1-3H3,(H,7,8,9);3-6H,1-2H3;1-6H;1-5H;3*1-4H;8*4H,1-3H3;1-3H;2*1-3H,(H,4,5);9*1-2H3. The first-order valence-corrected chi connectivity index (χ1v) is 42.1. The number of nitrogens with zero attached hydrogens (tertiary/aromatic N) is 16. The van der Waals surface area contributed by atoms with Crippen LogP contribution in [-0.2, 0) is 0 Å². The predicted molar refractivity (Wildman–Crippen MR) is 508 cm³/mol. The number of aromatic nitrogens is 19. The molecule has 0 bridgehead atoms. The van der Waals surface area contributed by atoms with Crippen molar-refractivity contribution in [2.75, 3.05) is 0 Å². The minimum Gasteiger partial charge on any atom is -0.351 e. The first kappa shape index (κ1) is 146. The van der Waals surface area contributed by atoms with Crippen LogP contribution in [0.25, 0.3) is 0 Å². The lowest BCUT2D eigenvalue weighted by Crippen LogP contribution is -1.99. The zero-order valence-electron chi connectivity index (χ0n) is 82.6. The molecular weight excluding hydrogens is 1400 g/mol. The number of pyridine rings is 1. The van der Waals surface area contributed by atoms with Crippen LogP contribution in [0.3, 0.4) is 0 Å². The SMILES string of the molecule is CC.CC.CC.CC.CC.CC.CC.CC.CC.CC(C)C.CC(C)C.CC(C)C.CC(C)C.CC(C)C.CC(C)C.CC(C)C.CC(C)C.CC(C)n1cccn1.Cc1n[nH]nc1C(C)C.c1c[nH]cn1.c1ccccc1.c1ccncc1.c1ccnnc1.c1cn[nH]c1.c1cnccn1.c1cncnc1.c1cnncn1. The van der Waals surface area contributed by atoms with Crippen LogP contribution in [0.15, 0.2) is 215 Å². The molecule has 9 aromatic heterocycles. The highest BCUT2D eigenvalue weighted by Gasteiger charge is 2.05. The number of hydrogen-bond donors (Lipinski definition) is 3. The molecule has 0 amide bonds. The Hall–Kier alpha value is -8.61. The van der Waals surface area contributed by atoms with Gasteiger partial charge >= 0.3 is 0 Å². The summed E-state index contributed by atoms with van der Waals surface area (Å²) in [5.74, 6) is 7.14. The average Bonchev–Trinajstić information content (AvgIpc) is 1.77. The number of hydrogen-bond acceptors (Lipinski definition) is 15. The maximum Gasteiger partial charge on any atom is 0.138 e. The smallest absolute Gasteiger partial charge is 0.138 e. The van der Waals surface area contributed by atoms with Crippen LogP contribution in [0.2, 0.25) is 0 Å². The molecule has 0 aliphatic carbocycles. The molecular formula is C94H189N19. The molecule has 0 spiro atoms. The van der Waals surface area contributed by atoms with Crippen LogP contribution in [0, 0.1) is 54.3 Å². The highest BCUT2D eigenvalue weighted by molar-refractivity contribution is 5.09. The summed E-state index contributed by atoms with van der Waals surface area (Å²) in [5, 5.41) is 34.7. The fourth-order valence-corrected chi connectivity index (χ4v) is 3.52. The van der Waals surface area contributed by atoms with Crippen molar-refractivity contribution in [3.8, 4) is 0 Å². The Labute approximate surface area is 703 Å². The van der Waals surface area contributed by atoms with E-state index in [9.17, 15) is 0 Å². The molecule has 3 N–H and O–H groups in total. The Morgan fingerprint density at radius 2 is 0.575 bits per heavy atom. The molecule has 0 radical (unpaired) electrons. The zero-order chi connectivity index (χ0) is 92.0. The quantitative estimate of drug-likeness (QED) is 0.146. The van der Waals surface area contributed by atoms with E-state index in [0.29, 0.717) is 12.0 Å². The largest absolute Gasteiger partial charge is 0.351 e. The van der Waals surface area contributed by atoms with Crippen LogP contribution in [-0.4, -0.2) is 95.7 Å². The maximum absolute atomic E-state index is 4.03. The summed E-state index contributed by atoms with van der Waals surface area (Å²) in [6.07, 6.45) is 35.0. The van der Waals surface area contributed by atoms with Gasteiger partial charge in [-0.15, -0.1) is 5.10 Å². The van der Waals surface area contributed by atoms with Crippen LogP contribution >= 0.6 is 0 Å². The summed E-state index contributed by atoms with van der Waals surface area (Å²) in [5.41, 5.74) is 2.07. The molecule has 19 nitrogen and oxygen atoms in total. The second-order valence-corrected chi connectivity index (χ2v) is 25.6. The van der Waals surface area contributed by atoms with Crippen molar-refractivity contribution >= 4 is 0 Å². The molecule has 0 saturated heterocycles. The van der Waals surface area contributed by atoms with Crippen molar-refractivity contribution in [1.82, 2.24) is 95.7 Å². The first-order valence-electron chi connectivity index (χ1n) is 42.1. The van der Waals surface area contributed by atoms with E-state index in [1.165, 1.54) is 18.9 Å². The van der Waals surface area contributed by atoms with Crippen molar-refractivity contribution in [1.29, 1.82) is 0 Å². The predicted octanol–water partition coefficient (Wildman–Crippen LogP) is 30.1. The van der Waals surface area contributed by atoms with Crippen molar-refractivity contribution < 1.29 is 0 Å². The second kappa shape index (κ2) is 156. The van der Waals surface area contributed by atoms with Gasteiger partial charge in [-0.25, -0.2) is 19.9 Å². The van der Waals surface area contributed by atoms with Gasteiger partial charge in [-0.2, -0.15) is 40.9 Å². The number of aryl methyl sites for hydroxylation is 1. The molecule has 113 heavy (non-hydrogen) atoms. The van der Waals surface area contributed by atoms with Crippen LogP contribution in [0.5, 0.6) is 0 Å². The number of aromatic amines is 3. The van der Waals surface area contributed by atoms with Crippen molar-refractivity contribution in [2.24, 2.45) is 47.3 Å². The van der Waals surface area contributed by atoms with E-state index in [1.54, 1.807) is 112 Å². The number of benzene rings is 1. The summed E-state index contributed by atoms with van der Waals surface area (Å²) in [7, 11) is 0. The third-order valence-corrected chi connectivity index (χ3v) is 6.25. The Bertz CT molecular complexity index is 2050. The maximum atomic E-state index is 4.03. The van der Waals surface area contributed by atoms with Gasteiger partial charge in [0.2, 0.25) is 0 Å². The van der Waals surface area contributed by atoms with Crippen LogP contribution < -0.4 is 0 Å². The number of H-pyrrole nitrogens is 3. The van der Waals surface area contributed by atoms with Gasteiger partial charge in [-0.1, -0.05) is 347 Å². The molecule has 1 aromatic carbocycles. The van der Waals surface area contributed by atoms with Gasteiger partial charge in [0.15, 0.2) is 0 Å². The number of rotatable bonds is 2. The Kier molecular flexibility index (Phi) is 202. The van der Waals surface area contributed by atoms with E-state index in [0.717, 1.165) is 58.7 Å². The van der Waals surface area contributed by atoms with Crippen LogP contribution in [0.1, 0.15) is 342 Å². The lowest BCUT2D eigenvalue weighted by molar-refractivity contribution is 0.532. The van der Waals surface area contributed by atoms with Gasteiger partial charge in [0.25, 0.3) is 0 Å². The Morgan fingerprint density at radius 1 is 0.265 bits per heavy atom. The highest BCUT2D eigenvalue weighted by Crippen LogP contribution is 2.12. The zero-order valence-corrected chi connectivity index (χ0v) is 82.6. The molecule has 660 valence electrons. The van der Waals surface area contributed by atoms with Gasteiger partial charge < -0.3 is 4.98 Å². The highest BCUT2D eigenvalue weighted by atomic mass is 15.3. The van der Waals surface area contributed by atoms with Gasteiger partial charge in [-0.05, 0) is 116 Å². The molecule has 10 aromatic rings. The van der Waals surface area contributed by atoms with E-state index >= 15 is 0 Å². The summed E-state index contributed by atoms with van der Waals surface area (Å²) in [4.78, 5) is 28.6. The van der Waals surface area contributed by atoms with E-state index in [1.807, 2.05) is 221 Å². The molecule has 0 fully saturated rings. The molecule has 0 aliphatic heterocycles. The van der Waals surface area contributed by atoms with Crippen molar-refractivity contribution in [3.63, 3.8) is 0 Å². The average molecular weight is 1590 g/mol. The first-order chi connectivity index (χ1) is 53.9. The topological polar surface area (TPSA) is 246 Å². The minimum absolute atomic E-state index is 0.476. The van der Waals surface area contributed by atoms with Crippen molar-refractivity contribution in [2.45, 2.75) is 337 Å². The van der Waals surface area contributed by atoms with Gasteiger partial charge in [0.1, 0.15) is 12.7 Å². The summed E-state index contributed by atoms with van der Waals surface area (Å²) >= 11 is 0. The lowest BCUT2D eigenvalue weighted by atomic mass is 10.1. The molecule has 0 saturated carbocycles. The van der Waals surface area contributed by atoms with E-state index in [-0.39, 0.29) is 0 Å². The molecule has 0 atom stereocenters. The molecule has 19 heteroatoms. The monoisotopic (exact) mass is 1580 g/mol. The third kappa shape index (κ3) is 273.